The summed E-state index contributed by atoms with van der Waals surface area (Å²) < 4.78 is 0. The van der Waals surface area contributed by atoms with Crippen LogP contribution in [0.15, 0.2) is 35.3 Å². The molecule has 1 aromatic rings. The van der Waals surface area contributed by atoms with Crippen LogP contribution >= 0.6 is 15.9 Å². The average Bonchev–Trinajstić information content (AvgIpc) is 2.09. The van der Waals surface area contributed by atoms with Gasteiger partial charge in [0.05, 0.1) is 5.57 Å². The molecule has 0 aliphatic carbocycles. The van der Waals surface area contributed by atoms with Crippen molar-refractivity contribution < 1.29 is 0 Å². The highest BCUT2D eigenvalue weighted by Gasteiger charge is 1.95. The fraction of sp³-hybridized carbons (Fsp3) is 0. The van der Waals surface area contributed by atoms with Gasteiger partial charge in [-0.2, -0.15) is 5.26 Å². The third-order valence-electron chi connectivity index (χ3n) is 1.31. The van der Waals surface area contributed by atoms with Gasteiger partial charge in [-0.1, -0.05) is 46.3 Å². The summed E-state index contributed by atoms with van der Waals surface area (Å²) in [5, 5.41) is 8.63. The molecule has 1 rings (SSSR count). The quantitative estimate of drug-likeness (QED) is 0.651. The molecule has 11 heavy (non-hydrogen) atoms. The van der Waals surface area contributed by atoms with Crippen LogP contribution in [0.2, 0.25) is 0 Å². The van der Waals surface area contributed by atoms with Gasteiger partial charge in [0.2, 0.25) is 0 Å². The van der Waals surface area contributed by atoms with Crippen molar-refractivity contribution in [3.05, 3.63) is 40.9 Å². The molecule has 1 aromatic carbocycles. The van der Waals surface area contributed by atoms with E-state index in [1.807, 2.05) is 30.3 Å². The number of benzene rings is 1. The van der Waals surface area contributed by atoms with Gasteiger partial charge < -0.3 is 0 Å². The first-order valence-corrected chi connectivity index (χ1v) is 4.06. The van der Waals surface area contributed by atoms with Gasteiger partial charge in [0, 0.05) is 0 Å². The Bertz CT molecular complexity index is 295. The minimum absolute atomic E-state index is 0.644. The van der Waals surface area contributed by atoms with Crippen molar-refractivity contribution in [2.24, 2.45) is 0 Å². The monoisotopic (exact) mass is 207 g/mol. The van der Waals surface area contributed by atoms with Crippen molar-refractivity contribution in [3.63, 3.8) is 0 Å². The zero-order valence-electron chi connectivity index (χ0n) is 5.79. The van der Waals surface area contributed by atoms with Crippen LogP contribution in [0.1, 0.15) is 5.56 Å². The SMILES string of the molecule is N#C/C(=C\Br)c1ccccc1. The van der Waals surface area contributed by atoms with Crippen molar-refractivity contribution in [2.45, 2.75) is 0 Å². The summed E-state index contributed by atoms with van der Waals surface area (Å²) >= 11 is 3.13. The zero-order valence-corrected chi connectivity index (χ0v) is 7.38. The van der Waals surface area contributed by atoms with Gasteiger partial charge in [0.15, 0.2) is 0 Å². The molecule has 0 aliphatic heterocycles. The van der Waals surface area contributed by atoms with Crippen LogP contribution in [0.5, 0.6) is 0 Å². The first-order valence-electron chi connectivity index (χ1n) is 3.14. The number of hydrogen-bond donors (Lipinski definition) is 0. The highest BCUT2D eigenvalue weighted by Crippen LogP contribution is 2.13. The lowest BCUT2D eigenvalue weighted by molar-refractivity contribution is 1.52. The molecule has 0 saturated heterocycles. The second kappa shape index (κ2) is 3.95. The van der Waals surface area contributed by atoms with Crippen LogP contribution in [-0.2, 0) is 0 Å². The van der Waals surface area contributed by atoms with E-state index in [0.29, 0.717) is 5.57 Å². The Balaban J connectivity index is 3.05. The lowest BCUT2D eigenvalue weighted by Gasteiger charge is -1.93. The van der Waals surface area contributed by atoms with E-state index in [1.54, 1.807) is 4.99 Å². The summed E-state index contributed by atoms with van der Waals surface area (Å²) in [6.45, 7) is 0. The van der Waals surface area contributed by atoms with Gasteiger partial charge in [-0.3, -0.25) is 0 Å². The summed E-state index contributed by atoms with van der Waals surface area (Å²) in [6.07, 6.45) is 0. The van der Waals surface area contributed by atoms with Crippen LogP contribution in [0.3, 0.4) is 0 Å². The lowest BCUT2D eigenvalue weighted by Crippen LogP contribution is -1.76. The molecule has 0 spiro atoms. The molecule has 0 aromatic heterocycles. The number of allylic oxidation sites excluding steroid dienone is 1. The summed E-state index contributed by atoms with van der Waals surface area (Å²) in [7, 11) is 0. The van der Waals surface area contributed by atoms with Crippen molar-refractivity contribution in [1.82, 2.24) is 0 Å². The van der Waals surface area contributed by atoms with Crippen molar-refractivity contribution >= 4 is 21.5 Å². The van der Waals surface area contributed by atoms with Crippen LogP contribution in [-0.4, -0.2) is 0 Å². The molecule has 0 aliphatic rings. The molecule has 0 fully saturated rings. The molecule has 0 amide bonds. The third kappa shape index (κ3) is 1.92. The standard InChI is InChI=1S/C9H6BrN/c10-6-9(7-11)8-4-2-1-3-5-8/h1-6H/b9-6+. The topological polar surface area (TPSA) is 23.8 Å². The highest BCUT2D eigenvalue weighted by molar-refractivity contribution is 9.11. The van der Waals surface area contributed by atoms with Crippen LogP contribution in [0.25, 0.3) is 5.57 Å². The molecule has 0 saturated carbocycles. The maximum absolute atomic E-state index is 8.63. The van der Waals surface area contributed by atoms with Crippen molar-refractivity contribution in [3.8, 4) is 6.07 Å². The minimum atomic E-state index is 0.644. The van der Waals surface area contributed by atoms with Gasteiger partial charge in [-0.15, -0.1) is 0 Å². The number of halogens is 1. The highest BCUT2D eigenvalue weighted by atomic mass is 79.9. The van der Waals surface area contributed by atoms with E-state index >= 15 is 0 Å². The smallest absolute Gasteiger partial charge is 0.100 e. The van der Waals surface area contributed by atoms with Gasteiger partial charge in [0.1, 0.15) is 6.07 Å². The summed E-state index contributed by atoms with van der Waals surface area (Å²) in [4.78, 5) is 1.63. The average molecular weight is 208 g/mol. The number of rotatable bonds is 1. The van der Waals surface area contributed by atoms with Gasteiger partial charge in [-0.25, -0.2) is 0 Å². The third-order valence-corrected chi connectivity index (χ3v) is 1.77. The molecular formula is C9H6BrN. The van der Waals surface area contributed by atoms with Crippen LogP contribution < -0.4 is 0 Å². The van der Waals surface area contributed by atoms with Crippen LogP contribution in [0, 0.1) is 11.3 Å². The van der Waals surface area contributed by atoms with Crippen LogP contribution in [0.4, 0.5) is 0 Å². The maximum Gasteiger partial charge on any atom is 0.100 e. The molecule has 0 unspecified atom stereocenters. The molecule has 2 heteroatoms. The molecule has 1 nitrogen and oxygen atoms in total. The van der Waals surface area contributed by atoms with E-state index in [4.69, 9.17) is 5.26 Å². The summed E-state index contributed by atoms with van der Waals surface area (Å²) in [5.41, 5.74) is 1.58. The Kier molecular flexibility index (Phi) is 2.88. The fourth-order valence-corrected chi connectivity index (χ4v) is 1.14. The molecular weight excluding hydrogens is 202 g/mol. The Morgan fingerprint density at radius 3 is 2.45 bits per heavy atom. The molecule has 0 heterocycles. The normalized spacial score (nSPS) is 10.7. The van der Waals surface area contributed by atoms with Gasteiger partial charge in [0.25, 0.3) is 0 Å². The number of hydrogen-bond acceptors (Lipinski definition) is 1. The largest absolute Gasteiger partial charge is 0.192 e. The van der Waals surface area contributed by atoms with E-state index in [2.05, 4.69) is 22.0 Å². The van der Waals surface area contributed by atoms with Crippen molar-refractivity contribution in [2.75, 3.05) is 0 Å². The fourth-order valence-electron chi connectivity index (χ4n) is 0.770. The predicted molar refractivity (Wildman–Crippen MR) is 49.0 cm³/mol. The molecule has 0 N–H and O–H groups in total. The van der Waals surface area contributed by atoms with Gasteiger partial charge in [-0.05, 0) is 10.5 Å². The lowest BCUT2D eigenvalue weighted by atomic mass is 10.1. The molecule has 0 radical (unpaired) electrons. The van der Waals surface area contributed by atoms with E-state index < -0.39 is 0 Å². The second-order valence-corrected chi connectivity index (χ2v) is 2.46. The minimum Gasteiger partial charge on any atom is -0.192 e. The molecule has 54 valence electrons. The van der Waals surface area contributed by atoms with E-state index in [-0.39, 0.29) is 0 Å². The predicted octanol–water partition coefficient (Wildman–Crippen LogP) is 2.95. The first-order chi connectivity index (χ1) is 5.38. The molecule has 0 bridgehead atoms. The number of nitrogens with zero attached hydrogens (tertiary/aromatic N) is 1. The summed E-state index contributed by atoms with van der Waals surface area (Å²) in [5.74, 6) is 0. The van der Waals surface area contributed by atoms with E-state index in [0.717, 1.165) is 5.56 Å². The van der Waals surface area contributed by atoms with E-state index in [9.17, 15) is 0 Å². The number of nitriles is 1. The Morgan fingerprint density at radius 1 is 1.36 bits per heavy atom. The second-order valence-electron chi connectivity index (χ2n) is 2.00. The van der Waals surface area contributed by atoms with Crippen molar-refractivity contribution in [1.29, 1.82) is 5.26 Å². The summed E-state index contributed by atoms with van der Waals surface area (Å²) in [6, 6.07) is 11.6. The van der Waals surface area contributed by atoms with E-state index in [1.165, 1.54) is 0 Å². The van der Waals surface area contributed by atoms with Gasteiger partial charge >= 0.3 is 0 Å². The Hall–Kier alpha value is -1.07. The molecule has 0 atom stereocenters. The Morgan fingerprint density at radius 2 is 2.00 bits per heavy atom. The zero-order chi connectivity index (χ0) is 8.10. The first kappa shape index (κ1) is 8.03. The Labute approximate surface area is 74.1 Å². The maximum atomic E-state index is 8.63.